The Morgan fingerprint density at radius 3 is 2.83 bits per heavy atom. The number of carbonyl (C=O) groups is 2. The Morgan fingerprint density at radius 2 is 1.97 bits per heavy atom. The van der Waals surface area contributed by atoms with E-state index >= 15 is 0 Å². The number of benzene rings is 1. The lowest BCUT2D eigenvalue weighted by atomic mass is 10.0. The second kappa shape index (κ2) is 9.65. The Balaban J connectivity index is 1.46. The third kappa shape index (κ3) is 4.86. The van der Waals surface area contributed by atoms with Crippen molar-refractivity contribution in [2.45, 2.75) is 57.4 Å². The fraction of sp³-hybridized carbons (Fsp3) is 0.522. The Labute approximate surface area is 182 Å². The van der Waals surface area contributed by atoms with Gasteiger partial charge in [-0.05, 0) is 43.7 Å². The summed E-state index contributed by atoms with van der Waals surface area (Å²) < 4.78 is 6.05. The summed E-state index contributed by atoms with van der Waals surface area (Å²) in [5.41, 5.74) is 0.984. The highest BCUT2D eigenvalue weighted by Gasteiger charge is 2.33. The average molecular weight is 430 g/mol. The van der Waals surface area contributed by atoms with Gasteiger partial charge in [-0.2, -0.15) is 0 Å². The number of halogens is 1. The van der Waals surface area contributed by atoms with Crippen molar-refractivity contribution in [1.29, 1.82) is 0 Å². The van der Waals surface area contributed by atoms with E-state index in [4.69, 9.17) is 16.0 Å². The first-order chi connectivity index (χ1) is 14.6. The first kappa shape index (κ1) is 20.9. The third-order valence-corrected chi connectivity index (χ3v) is 6.37. The van der Waals surface area contributed by atoms with E-state index < -0.39 is 0 Å². The summed E-state index contributed by atoms with van der Waals surface area (Å²) in [6, 6.07) is 7.51. The number of amides is 2. The number of rotatable bonds is 5. The zero-order chi connectivity index (χ0) is 20.9. The predicted octanol–water partition coefficient (Wildman–Crippen LogP) is 4.38. The number of aromatic nitrogens is 1. The predicted molar refractivity (Wildman–Crippen MR) is 114 cm³/mol. The minimum absolute atomic E-state index is 0.0131. The van der Waals surface area contributed by atoms with Crippen LogP contribution in [0.15, 0.2) is 34.9 Å². The molecule has 30 heavy (non-hydrogen) atoms. The van der Waals surface area contributed by atoms with Crippen molar-refractivity contribution in [3.05, 3.63) is 52.7 Å². The summed E-state index contributed by atoms with van der Waals surface area (Å²) >= 11 is 6.26. The number of carbonyl (C=O) groups excluding carboxylic acids is 2. The highest BCUT2D eigenvalue weighted by molar-refractivity contribution is 6.31. The van der Waals surface area contributed by atoms with Gasteiger partial charge in [0, 0.05) is 31.0 Å². The molecule has 1 aromatic heterocycles. The normalized spacial score (nSPS) is 20.3. The maximum atomic E-state index is 13.1. The van der Waals surface area contributed by atoms with Gasteiger partial charge < -0.3 is 14.2 Å². The minimum Gasteiger partial charge on any atom is -0.443 e. The second-order valence-corrected chi connectivity index (χ2v) is 8.56. The molecule has 4 rings (SSSR count). The molecule has 2 amide bonds. The first-order valence-corrected chi connectivity index (χ1v) is 11.2. The van der Waals surface area contributed by atoms with E-state index in [2.05, 4.69) is 4.98 Å². The van der Waals surface area contributed by atoms with Crippen molar-refractivity contribution >= 4 is 23.4 Å². The maximum absolute atomic E-state index is 13.1. The van der Waals surface area contributed by atoms with Gasteiger partial charge in [-0.15, -0.1) is 0 Å². The molecule has 0 radical (unpaired) electrons. The standard InChI is InChI=1S/C23H28ClN3O3/c24-19-9-4-3-8-17(19)14-18-15-25-23(30-18)20-10-5-7-13-27(20)22(29)16-26-12-6-1-2-11-21(26)28/h3-4,8-9,15,20H,1-2,5-7,10-14,16H2/t20-/m0/s1. The van der Waals surface area contributed by atoms with Crippen molar-refractivity contribution in [3.63, 3.8) is 0 Å². The fourth-order valence-corrected chi connectivity index (χ4v) is 4.54. The molecule has 0 saturated carbocycles. The summed E-state index contributed by atoms with van der Waals surface area (Å²) in [4.78, 5) is 33.5. The molecule has 1 atom stereocenters. The van der Waals surface area contributed by atoms with Gasteiger partial charge in [0.05, 0.1) is 12.7 Å². The molecule has 160 valence electrons. The van der Waals surface area contributed by atoms with Crippen LogP contribution in [0.1, 0.15) is 68.2 Å². The molecule has 2 saturated heterocycles. The monoisotopic (exact) mass is 429 g/mol. The van der Waals surface area contributed by atoms with Crippen LogP contribution in [0.4, 0.5) is 0 Å². The molecule has 0 N–H and O–H groups in total. The Kier molecular flexibility index (Phi) is 6.72. The zero-order valence-corrected chi connectivity index (χ0v) is 17.9. The Hall–Kier alpha value is -2.34. The topological polar surface area (TPSA) is 66.7 Å². The van der Waals surface area contributed by atoms with E-state index in [9.17, 15) is 9.59 Å². The molecule has 0 aliphatic carbocycles. The van der Waals surface area contributed by atoms with Crippen LogP contribution >= 0.6 is 11.6 Å². The number of hydrogen-bond acceptors (Lipinski definition) is 4. The van der Waals surface area contributed by atoms with Crippen LogP contribution in [0.3, 0.4) is 0 Å². The number of hydrogen-bond donors (Lipinski definition) is 0. The van der Waals surface area contributed by atoms with Gasteiger partial charge in [-0.3, -0.25) is 9.59 Å². The molecule has 2 aliphatic rings. The number of piperidine rings is 1. The summed E-state index contributed by atoms with van der Waals surface area (Å²) in [6.45, 7) is 1.50. The SMILES string of the molecule is O=C1CCCCCN1CC(=O)N1CCCC[C@H]1c1ncc(Cc2ccccc2Cl)o1. The van der Waals surface area contributed by atoms with E-state index in [1.807, 2.05) is 29.2 Å². The highest BCUT2D eigenvalue weighted by atomic mass is 35.5. The Morgan fingerprint density at radius 1 is 1.13 bits per heavy atom. The molecule has 7 heteroatoms. The Bertz CT molecular complexity index is 897. The molecule has 2 fully saturated rings. The van der Waals surface area contributed by atoms with Crippen LogP contribution in [0.5, 0.6) is 0 Å². The maximum Gasteiger partial charge on any atom is 0.242 e. The molecule has 1 aromatic carbocycles. The average Bonchev–Trinajstić information content (AvgIpc) is 3.13. The lowest BCUT2D eigenvalue weighted by Crippen LogP contribution is -2.46. The number of likely N-dealkylation sites (tertiary alicyclic amines) is 2. The van der Waals surface area contributed by atoms with Crippen LogP contribution in [0.25, 0.3) is 0 Å². The molecule has 0 unspecified atom stereocenters. The van der Waals surface area contributed by atoms with Gasteiger partial charge in [0.15, 0.2) is 0 Å². The summed E-state index contributed by atoms with van der Waals surface area (Å²) in [6.07, 6.45) is 8.58. The van der Waals surface area contributed by atoms with Crippen LogP contribution in [-0.2, 0) is 16.0 Å². The van der Waals surface area contributed by atoms with Crippen molar-refractivity contribution in [1.82, 2.24) is 14.8 Å². The zero-order valence-electron chi connectivity index (χ0n) is 17.2. The fourth-order valence-electron chi connectivity index (χ4n) is 4.33. The molecule has 2 aliphatic heterocycles. The summed E-state index contributed by atoms with van der Waals surface area (Å²) in [5, 5.41) is 0.701. The van der Waals surface area contributed by atoms with Gasteiger partial charge >= 0.3 is 0 Å². The molecular weight excluding hydrogens is 402 g/mol. The van der Waals surface area contributed by atoms with E-state index in [1.54, 1.807) is 11.1 Å². The lowest BCUT2D eigenvalue weighted by Gasteiger charge is -2.35. The molecule has 0 spiro atoms. The van der Waals surface area contributed by atoms with Crippen molar-refractivity contribution < 1.29 is 14.0 Å². The number of oxazole rings is 1. The van der Waals surface area contributed by atoms with Crippen LogP contribution in [0, 0.1) is 0 Å². The van der Waals surface area contributed by atoms with E-state index in [0.29, 0.717) is 36.8 Å². The first-order valence-electron chi connectivity index (χ1n) is 10.9. The smallest absolute Gasteiger partial charge is 0.242 e. The lowest BCUT2D eigenvalue weighted by molar-refractivity contribution is -0.143. The van der Waals surface area contributed by atoms with E-state index in [0.717, 1.165) is 49.8 Å². The van der Waals surface area contributed by atoms with Crippen LogP contribution in [0.2, 0.25) is 5.02 Å². The van der Waals surface area contributed by atoms with Crippen molar-refractivity contribution in [3.8, 4) is 0 Å². The second-order valence-electron chi connectivity index (χ2n) is 8.16. The highest BCUT2D eigenvalue weighted by Crippen LogP contribution is 2.31. The van der Waals surface area contributed by atoms with Gasteiger partial charge in [-0.1, -0.05) is 36.2 Å². The minimum atomic E-state index is -0.173. The van der Waals surface area contributed by atoms with Gasteiger partial charge in [0.1, 0.15) is 11.8 Å². The van der Waals surface area contributed by atoms with Gasteiger partial charge in [-0.25, -0.2) is 4.98 Å². The molecule has 6 nitrogen and oxygen atoms in total. The van der Waals surface area contributed by atoms with E-state index in [1.165, 1.54) is 0 Å². The summed E-state index contributed by atoms with van der Waals surface area (Å²) in [7, 11) is 0. The largest absolute Gasteiger partial charge is 0.443 e. The molecule has 2 aromatic rings. The third-order valence-electron chi connectivity index (χ3n) is 6.00. The molecule has 3 heterocycles. The van der Waals surface area contributed by atoms with Crippen LogP contribution < -0.4 is 0 Å². The number of nitrogens with zero attached hydrogens (tertiary/aromatic N) is 3. The van der Waals surface area contributed by atoms with E-state index in [-0.39, 0.29) is 24.4 Å². The summed E-state index contributed by atoms with van der Waals surface area (Å²) in [5.74, 6) is 1.39. The molecule has 0 bridgehead atoms. The van der Waals surface area contributed by atoms with Crippen molar-refractivity contribution in [2.24, 2.45) is 0 Å². The molecular formula is C23H28ClN3O3. The van der Waals surface area contributed by atoms with Gasteiger partial charge in [0.25, 0.3) is 0 Å². The quantitative estimate of drug-likeness (QED) is 0.707. The van der Waals surface area contributed by atoms with Crippen molar-refractivity contribution in [2.75, 3.05) is 19.6 Å². The van der Waals surface area contributed by atoms with Gasteiger partial charge in [0.2, 0.25) is 17.7 Å². The van der Waals surface area contributed by atoms with Crippen LogP contribution in [-0.4, -0.2) is 46.2 Å².